The maximum atomic E-state index is 12.2. The van der Waals surface area contributed by atoms with E-state index in [0.29, 0.717) is 29.3 Å². The molecule has 3 aliphatic rings. The van der Waals surface area contributed by atoms with Gasteiger partial charge in [-0.15, -0.1) is 12.4 Å². The second kappa shape index (κ2) is 7.32. The Labute approximate surface area is 135 Å². The van der Waals surface area contributed by atoms with E-state index in [1.54, 1.807) is 0 Å². The molecule has 1 amide bonds. The van der Waals surface area contributed by atoms with E-state index in [2.05, 4.69) is 17.6 Å². The van der Waals surface area contributed by atoms with Gasteiger partial charge in [-0.3, -0.25) is 4.79 Å². The third-order valence-corrected chi connectivity index (χ3v) is 6.12. The van der Waals surface area contributed by atoms with E-state index < -0.39 is 0 Å². The first-order valence-electron chi connectivity index (χ1n) is 8.72. The molecule has 0 radical (unpaired) electrons. The van der Waals surface area contributed by atoms with Gasteiger partial charge in [-0.2, -0.15) is 0 Å². The molecule has 2 heterocycles. The highest BCUT2D eigenvalue weighted by molar-refractivity contribution is 5.85. The van der Waals surface area contributed by atoms with Gasteiger partial charge in [0.1, 0.15) is 0 Å². The molecule has 2 atom stereocenters. The SMILES string of the molecule is CCC1(CNC(=O)CC2CC3CCC(C2)N3)CCCC1.Cl. The summed E-state index contributed by atoms with van der Waals surface area (Å²) in [5.74, 6) is 0.922. The largest absolute Gasteiger partial charge is 0.356 e. The van der Waals surface area contributed by atoms with E-state index in [-0.39, 0.29) is 12.4 Å². The normalized spacial score (nSPS) is 33.5. The molecule has 2 saturated heterocycles. The second-order valence-electron chi connectivity index (χ2n) is 7.52. The van der Waals surface area contributed by atoms with Crippen molar-refractivity contribution in [3.05, 3.63) is 0 Å². The van der Waals surface area contributed by atoms with E-state index in [4.69, 9.17) is 0 Å². The molecular formula is C17H31ClN2O. The van der Waals surface area contributed by atoms with Crippen LogP contribution in [0.2, 0.25) is 0 Å². The van der Waals surface area contributed by atoms with E-state index in [0.717, 1.165) is 13.0 Å². The molecule has 21 heavy (non-hydrogen) atoms. The summed E-state index contributed by atoms with van der Waals surface area (Å²) in [5, 5.41) is 6.91. The van der Waals surface area contributed by atoms with Crippen LogP contribution in [0.15, 0.2) is 0 Å². The van der Waals surface area contributed by atoms with Crippen LogP contribution >= 0.6 is 12.4 Å². The Kier molecular flexibility index (Phi) is 5.96. The average Bonchev–Trinajstić information content (AvgIpc) is 3.04. The minimum Gasteiger partial charge on any atom is -0.356 e. The number of carbonyl (C=O) groups is 1. The Morgan fingerprint density at radius 2 is 1.81 bits per heavy atom. The van der Waals surface area contributed by atoms with Gasteiger partial charge < -0.3 is 10.6 Å². The average molecular weight is 315 g/mol. The molecule has 122 valence electrons. The van der Waals surface area contributed by atoms with Crippen molar-refractivity contribution in [2.24, 2.45) is 11.3 Å². The molecule has 3 nitrogen and oxygen atoms in total. The third-order valence-electron chi connectivity index (χ3n) is 6.12. The zero-order chi connectivity index (χ0) is 14.0. The number of halogens is 1. The lowest BCUT2D eigenvalue weighted by Gasteiger charge is -2.30. The maximum Gasteiger partial charge on any atom is 0.220 e. The Morgan fingerprint density at radius 3 is 2.38 bits per heavy atom. The fraction of sp³-hybridized carbons (Fsp3) is 0.941. The number of carbonyl (C=O) groups excluding carboxylic acids is 1. The van der Waals surface area contributed by atoms with Gasteiger partial charge >= 0.3 is 0 Å². The van der Waals surface area contributed by atoms with Gasteiger partial charge in [0.25, 0.3) is 0 Å². The van der Waals surface area contributed by atoms with Crippen molar-refractivity contribution in [1.82, 2.24) is 10.6 Å². The Balaban J connectivity index is 0.00000161. The number of piperidine rings is 1. The second-order valence-corrected chi connectivity index (χ2v) is 7.52. The van der Waals surface area contributed by atoms with Gasteiger partial charge in [-0.05, 0) is 56.3 Å². The molecule has 3 rings (SSSR count). The first-order valence-corrected chi connectivity index (χ1v) is 8.72. The maximum absolute atomic E-state index is 12.2. The highest BCUT2D eigenvalue weighted by Gasteiger charge is 2.35. The van der Waals surface area contributed by atoms with Crippen molar-refractivity contribution in [2.75, 3.05) is 6.54 Å². The van der Waals surface area contributed by atoms with Gasteiger partial charge in [0, 0.05) is 25.0 Å². The summed E-state index contributed by atoms with van der Waals surface area (Å²) in [6, 6.07) is 1.40. The molecule has 0 aromatic heterocycles. The lowest BCUT2D eigenvalue weighted by atomic mass is 9.83. The van der Waals surface area contributed by atoms with Crippen LogP contribution < -0.4 is 10.6 Å². The van der Waals surface area contributed by atoms with Crippen LogP contribution in [0, 0.1) is 11.3 Å². The monoisotopic (exact) mass is 314 g/mol. The number of hydrogen-bond acceptors (Lipinski definition) is 2. The summed E-state index contributed by atoms with van der Waals surface area (Å²) in [6.45, 7) is 3.20. The lowest BCUT2D eigenvalue weighted by Crippen LogP contribution is -2.41. The van der Waals surface area contributed by atoms with Crippen LogP contribution in [0.5, 0.6) is 0 Å². The summed E-state index contributed by atoms with van der Waals surface area (Å²) in [7, 11) is 0. The minimum atomic E-state index is 0. The molecule has 3 fully saturated rings. The zero-order valence-corrected chi connectivity index (χ0v) is 14.1. The van der Waals surface area contributed by atoms with Crippen molar-refractivity contribution in [1.29, 1.82) is 0 Å². The lowest BCUT2D eigenvalue weighted by molar-refractivity contribution is -0.122. The smallest absolute Gasteiger partial charge is 0.220 e. The molecule has 0 aromatic carbocycles. The van der Waals surface area contributed by atoms with Crippen molar-refractivity contribution in [3.63, 3.8) is 0 Å². The first kappa shape index (κ1) is 17.1. The van der Waals surface area contributed by atoms with E-state index in [9.17, 15) is 4.79 Å². The Hall–Kier alpha value is -0.280. The van der Waals surface area contributed by atoms with Crippen LogP contribution in [0.1, 0.15) is 71.1 Å². The molecule has 2 N–H and O–H groups in total. The summed E-state index contributed by atoms with van der Waals surface area (Å²) < 4.78 is 0. The van der Waals surface area contributed by atoms with E-state index >= 15 is 0 Å². The summed E-state index contributed by atoms with van der Waals surface area (Å²) in [5.41, 5.74) is 0.419. The summed E-state index contributed by atoms with van der Waals surface area (Å²) in [6.07, 6.45) is 12.3. The fourth-order valence-corrected chi connectivity index (χ4v) is 4.74. The molecular weight excluding hydrogens is 284 g/mol. The molecule has 1 saturated carbocycles. The number of amides is 1. The van der Waals surface area contributed by atoms with Crippen molar-refractivity contribution in [2.45, 2.75) is 83.2 Å². The van der Waals surface area contributed by atoms with Crippen molar-refractivity contribution < 1.29 is 4.79 Å². The van der Waals surface area contributed by atoms with Crippen LogP contribution in [0.4, 0.5) is 0 Å². The zero-order valence-electron chi connectivity index (χ0n) is 13.3. The summed E-state index contributed by atoms with van der Waals surface area (Å²) in [4.78, 5) is 12.2. The standard InChI is InChI=1S/C17H30N2O.ClH/c1-2-17(7-3-4-8-17)12-18-16(20)11-13-9-14-5-6-15(10-13)19-14;/h13-15,19H,2-12H2,1H3,(H,18,20);1H. The number of nitrogens with one attached hydrogen (secondary N) is 2. The first-order chi connectivity index (χ1) is 9.69. The molecule has 0 spiro atoms. The van der Waals surface area contributed by atoms with Crippen LogP contribution in [0.25, 0.3) is 0 Å². The highest BCUT2D eigenvalue weighted by atomic mass is 35.5. The molecule has 2 bridgehead atoms. The van der Waals surface area contributed by atoms with Crippen molar-refractivity contribution in [3.8, 4) is 0 Å². The topological polar surface area (TPSA) is 41.1 Å². The Bertz CT molecular complexity index is 343. The predicted molar refractivity (Wildman–Crippen MR) is 88.7 cm³/mol. The molecule has 2 aliphatic heterocycles. The minimum absolute atomic E-state index is 0. The van der Waals surface area contributed by atoms with E-state index in [1.807, 2.05) is 0 Å². The fourth-order valence-electron chi connectivity index (χ4n) is 4.74. The van der Waals surface area contributed by atoms with Gasteiger partial charge in [0.2, 0.25) is 5.91 Å². The quantitative estimate of drug-likeness (QED) is 0.816. The van der Waals surface area contributed by atoms with Gasteiger partial charge in [0.05, 0.1) is 0 Å². The highest BCUT2D eigenvalue weighted by Crippen LogP contribution is 2.40. The number of fused-ring (bicyclic) bond motifs is 2. The predicted octanol–water partition coefficient (Wildman–Crippen LogP) is 3.42. The van der Waals surface area contributed by atoms with Gasteiger partial charge in [-0.1, -0.05) is 19.8 Å². The van der Waals surface area contributed by atoms with Gasteiger partial charge in [0.15, 0.2) is 0 Å². The van der Waals surface area contributed by atoms with Crippen molar-refractivity contribution >= 4 is 18.3 Å². The third kappa shape index (κ3) is 4.13. The molecule has 4 heteroatoms. The summed E-state index contributed by atoms with van der Waals surface area (Å²) >= 11 is 0. The van der Waals surface area contributed by atoms with Crippen LogP contribution in [-0.2, 0) is 4.79 Å². The Morgan fingerprint density at radius 1 is 1.19 bits per heavy atom. The van der Waals surface area contributed by atoms with Crippen LogP contribution in [-0.4, -0.2) is 24.5 Å². The number of rotatable bonds is 5. The van der Waals surface area contributed by atoms with E-state index in [1.165, 1.54) is 57.8 Å². The van der Waals surface area contributed by atoms with Crippen LogP contribution in [0.3, 0.4) is 0 Å². The number of hydrogen-bond donors (Lipinski definition) is 2. The molecule has 0 aromatic rings. The molecule has 2 unspecified atom stereocenters. The van der Waals surface area contributed by atoms with Gasteiger partial charge in [-0.25, -0.2) is 0 Å². The molecule has 1 aliphatic carbocycles.